The maximum absolute atomic E-state index is 12.6. The standard InChI is InChI=1S/C27H25N3O8/c1-17-3-4-19(14-24(17)30(34)35)28-25(31)16-37-27(33)18-13-26(32)29(15-18)20-5-7-22(8-6-20)38-23-11-9-21(36-2)10-12-23/h3-12,14,18H,13,15-16H2,1-2H3,(H,28,31)/t18-/m1/s1. The number of aryl methyl sites for hydroxylation is 1. The molecule has 1 heterocycles. The van der Waals surface area contributed by atoms with E-state index < -0.39 is 29.3 Å². The molecule has 1 N–H and O–H groups in total. The van der Waals surface area contributed by atoms with E-state index in [1.807, 2.05) is 0 Å². The fourth-order valence-corrected chi connectivity index (χ4v) is 3.92. The van der Waals surface area contributed by atoms with Crippen molar-refractivity contribution in [2.24, 2.45) is 5.92 Å². The van der Waals surface area contributed by atoms with Gasteiger partial charge in [-0.1, -0.05) is 6.07 Å². The number of rotatable bonds is 9. The molecular formula is C27H25N3O8. The summed E-state index contributed by atoms with van der Waals surface area (Å²) >= 11 is 0. The van der Waals surface area contributed by atoms with Crippen LogP contribution >= 0.6 is 0 Å². The molecule has 1 aliphatic heterocycles. The largest absolute Gasteiger partial charge is 0.497 e. The number of methoxy groups -OCH3 is 1. The second-order valence-electron chi connectivity index (χ2n) is 8.59. The minimum Gasteiger partial charge on any atom is -0.497 e. The van der Waals surface area contributed by atoms with Crippen LogP contribution in [0.5, 0.6) is 17.2 Å². The fourth-order valence-electron chi connectivity index (χ4n) is 3.92. The number of hydrogen-bond donors (Lipinski definition) is 1. The summed E-state index contributed by atoms with van der Waals surface area (Å²) in [6.07, 6.45) is -0.0469. The van der Waals surface area contributed by atoms with Gasteiger partial charge in [-0.3, -0.25) is 24.5 Å². The van der Waals surface area contributed by atoms with Crippen molar-refractivity contribution in [2.75, 3.05) is 30.5 Å². The van der Waals surface area contributed by atoms with Crippen LogP contribution in [0, 0.1) is 23.0 Å². The van der Waals surface area contributed by atoms with Crippen LogP contribution in [0.1, 0.15) is 12.0 Å². The highest BCUT2D eigenvalue weighted by Crippen LogP contribution is 2.30. The number of nitrogens with one attached hydrogen (secondary N) is 1. The first kappa shape index (κ1) is 26.1. The second-order valence-corrected chi connectivity index (χ2v) is 8.59. The zero-order valence-corrected chi connectivity index (χ0v) is 20.7. The molecule has 0 saturated carbocycles. The average Bonchev–Trinajstić information content (AvgIpc) is 3.30. The molecule has 1 fully saturated rings. The van der Waals surface area contributed by atoms with Gasteiger partial charge in [0.1, 0.15) is 17.2 Å². The van der Waals surface area contributed by atoms with Crippen LogP contribution < -0.4 is 19.7 Å². The highest BCUT2D eigenvalue weighted by Gasteiger charge is 2.36. The lowest BCUT2D eigenvalue weighted by Gasteiger charge is -2.17. The number of anilines is 2. The Labute approximate surface area is 218 Å². The van der Waals surface area contributed by atoms with Gasteiger partial charge in [-0.2, -0.15) is 0 Å². The normalized spacial score (nSPS) is 14.6. The lowest BCUT2D eigenvalue weighted by Crippen LogP contribution is -2.28. The Bertz CT molecular complexity index is 1360. The topological polar surface area (TPSA) is 137 Å². The first-order valence-electron chi connectivity index (χ1n) is 11.7. The number of amides is 2. The summed E-state index contributed by atoms with van der Waals surface area (Å²) in [5.41, 5.74) is 1.13. The van der Waals surface area contributed by atoms with Crippen molar-refractivity contribution >= 4 is 34.8 Å². The van der Waals surface area contributed by atoms with Crippen LogP contribution in [0.25, 0.3) is 0 Å². The summed E-state index contributed by atoms with van der Waals surface area (Å²) in [5, 5.41) is 13.5. The molecule has 4 rings (SSSR count). The van der Waals surface area contributed by atoms with E-state index in [0.29, 0.717) is 28.5 Å². The average molecular weight is 520 g/mol. The van der Waals surface area contributed by atoms with Gasteiger partial charge in [0.15, 0.2) is 6.61 Å². The van der Waals surface area contributed by atoms with E-state index in [0.717, 1.165) is 0 Å². The highest BCUT2D eigenvalue weighted by atomic mass is 16.6. The zero-order chi connectivity index (χ0) is 27.2. The summed E-state index contributed by atoms with van der Waals surface area (Å²) in [7, 11) is 1.58. The molecule has 3 aromatic rings. The van der Waals surface area contributed by atoms with Gasteiger partial charge in [0, 0.05) is 36.0 Å². The van der Waals surface area contributed by atoms with Crippen molar-refractivity contribution in [3.05, 3.63) is 82.4 Å². The maximum Gasteiger partial charge on any atom is 0.311 e. The van der Waals surface area contributed by atoms with Crippen molar-refractivity contribution in [2.45, 2.75) is 13.3 Å². The van der Waals surface area contributed by atoms with Crippen LogP contribution in [-0.4, -0.2) is 43.0 Å². The van der Waals surface area contributed by atoms with E-state index in [-0.39, 0.29) is 30.2 Å². The summed E-state index contributed by atoms with van der Waals surface area (Å²) < 4.78 is 16.0. The van der Waals surface area contributed by atoms with E-state index in [2.05, 4.69) is 5.32 Å². The van der Waals surface area contributed by atoms with E-state index in [1.54, 1.807) is 62.6 Å². The third-order valence-electron chi connectivity index (χ3n) is 5.94. The number of nitro benzene ring substituents is 1. The number of benzene rings is 3. The minimum absolute atomic E-state index is 0.0469. The Hall–Kier alpha value is -4.93. The molecule has 1 saturated heterocycles. The zero-order valence-electron chi connectivity index (χ0n) is 20.7. The molecule has 0 unspecified atom stereocenters. The van der Waals surface area contributed by atoms with Crippen molar-refractivity contribution in [1.29, 1.82) is 0 Å². The summed E-state index contributed by atoms with van der Waals surface area (Å²) in [5.74, 6) is -0.380. The molecule has 2 amide bonds. The Morgan fingerprint density at radius 2 is 1.66 bits per heavy atom. The number of carbonyl (C=O) groups is 3. The molecule has 0 radical (unpaired) electrons. The minimum atomic E-state index is -0.731. The molecule has 1 atom stereocenters. The number of ether oxygens (including phenoxy) is 3. The maximum atomic E-state index is 12.6. The number of esters is 1. The predicted molar refractivity (Wildman–Crippen MR) is 137 cm³/mol. The molecule has 0 aromatic heterocycles. The first-order chi connectivity index (χ1) is 18.2. The van der Waals surface area contributed by atoms with Crippen LogP contribution in [0.15, 0.2) is 66.7 Å². The number of nitro groups is 1. The van der Waals surface area contributed by atoms with E-state index >= 15 is 0 Å². The molecule has 196 valence electrons. The third-order valence-corrected chi connectivity index (χ3v) is 5.94. The van der Waals surface area contributed by atoms with E-state index in [9.17, 15) is 24.5 Å². The second kappa shape index (κ2) is 11.4. The van der Waals surface area contributed by atoms with Crippen LogP contribution in [0.3, 0.4) is 0 Å². The summed E-state index contributed by atoms with van der Waals surface area (Å²) in [6, 6.07) is 18.3. The number of carbonyl (C=O) groups excluding carboxylic acids is 3. The Balaban J connectivity index is 1.29. The lowest BCUT2D eigenvalue weighted by atomic mass is 10.1. The molecule has 11 heteroatoms. The Kier molecular flexibility index (Phi) is 7.86. The summed E-state index contributed by atoms with van der Waals surface area (Å²) in [4.78, 5) is 49.3. The number of hydrogen-bond acceptors (Lipinski definition) is 8. The van der Waals surface area contributed by atoms with Crippen LogP contribution in [0.4, 0.5) is 17.1 Å². The fraction of sp³-hybridized carbons (Fsp3) is 0.222. The van der Waals surface area contributed by atoms with Gasteiger partial charge in [-0.25, -0.2) is 0 Å². The van der Waals surface area contributed by atoms with Crippen molar-refractivity contribution < 1.29 is 33.5 Å². The molecule has 0 aliphatic carbocycles. The van der Waals surface area contributed by atoms with Gasteiger partial charge in [0.25, 0.3) is 11.6 Å². The van der Waals surface area contributed by atoms with E-state index in [4.69, 9.17) is 14.2 Å². The van der Waals surface area contributed by atoms with Gasteiger partial charge >= 0.3 is 5.97 Å². The molecular weight excluding hydrogens is 494 g/mol. The summed E-state index contributed by atoms with van der Waals surface area (Å²) in [6.45, 7) is 1.12. The van der Waals surface area contributed by atoms with Crippen LogP contribution in [-0.2, 0) is 19.1 Å². The van der Waals surface area contributed by atoms with Gasteiger partial charge in [0.2, 0.25) is 5.91 Å². The van der Waals surface area contributed by atoms with Gasteiger partial charge in [-0.05, 0) is 61.5 Å². The molecule has 0 bridgehead atoms. The Morgan fingerprint density at radius 3 is 2.29 bits per heavy atom. The molecule has 1 aliphatic rings. The van der Waals surface area contributed by atoms with Crippen molar-refractivity contribution in [3.63, 3.8) is 0 Å². The predicted octanol–water partition coefficient (Wildman–Crippen LogP) is 4.24. The van der Waals surface area contributed by atoms with Crippen LogP contribution in [0.2, 0.25) is 0 Å². The smallest absolute Gasteiger partial charge is 0.311 e. The SMILES string of the molecule is COc1ccc(Oc2ccc(N3C[C@H](C(=O)OCC(=O)Nc4ccc(C)c([N+](=O)[O-])c4)CC3=O)cc2)cc1. The molecule has 38 heavy (non-hydrogen) atoms. The van der Waals surface area contributed by atoms with Crippen molar-refractivity contribution in [1.82, 2.24) is 0 Å². The van der Waals surface area contributed by atoms with Gasteiger partial charge < -0.3 is 24.4 Å². The third kappa shape index (κ3) is 6.25. The highest BCUT2D eigenvalue weighted by molar-refractivity contribution is 6.00. The Morgan fingerprint density at radius 1 is 1.03 bits per heavy atom. The van der Waals surface area contributed by atoms with Gasteiger partial charge in [0.05, 0.1) is 18.0 Å². The quantitative estimate of drug-likeness (QED) is 0.252. The van der Waals surface area contributed by atoms with E-state index in [1.165, 1.54) is 23.1 Å². The van der Waals surface area contributed by atoms with Gasteiger partial charge in [-0.15, -0.1) is 0 Å². The monoisotopic (exact) mass is 519 g/mol. The van der Waals surface area contributed by atoms with Crippen molar-refractivity contribution in [3.8, 4) is 17.2 Å². The molecule has 11 nitrogen and oxygen atoms in total. The number of nitrogens with zero attached hydrogens (tertiary/aromatic N) is 2. The molecule has 0 spiro atoms. The molecule has 3 aromatic carbocycles. The first-order valence-corrected chi connectivity index (χ1v) is 11.7. The lowest BCUT2D eigenvalue weighted by molar-refractivity contribution is -0.385.